The summed E-state index contributed by atoms with van der Waals surface area (Å²) in [6.07, 6.45) is 0. The van der Waals surface area contributed by atoms with Crippen LogP contribution in [0.5, 0.6) is 0 Å². The molecule has 1 unspecified atom stereocenters. The number of hydrogen-bond donors (Lipinski definition) is 1. The van der Waals surface area contributed by atoms with Crippen molar-refractivity contribution in [1.82, 2.24) is 5.32 Å². The average molecular weight is 269 g/mol. The molecule has 0 radical (unpaired) electrons. The summed E-state index contributed by atoms with van der Waals surface area (Å²) in [5.74, 6) is -2.65. The van der Waals surface area contributed by atoms with Crippen molar-refractivity contribution in [3.8, 4) is 0 Å². The first-order chi connectivity index (χ1) is 9.02. The van der Waals surface area contributed by atoms with Crippen LogP contribution in [0, 0.1) is 24.4 Å². The molecule has 1 heterocycles. The molecule has 0 saturated carbocycles. The Labute approximate surface area is 109 Å². The minimum atomic E-state index is -1.46. The molecular formula is C14H14F3NO. The first-order valence-corrected chi connectivity index (χ1v) is 5.97. The summed E-state index contributed by atoms with van der Waals surface area (Å²) in [6, 6.07) is 4.92. The third kappa shape index (κ3) is 2.81. The van der Waals surface area contributed by atoms with Gasteiger partial charge in [-0.25, -0.2) is 13.2 Å². The summed E-state index contributed by atoms with van der Waals surface area (Å²) < 4.78 is 45.0. The molecule has 0 aliphatic carbocycles. The van der Waals surface area contributed by atoms with Crippen molar-refractivity contribution < 1.29 is 17.6 Å². The van der Waals surface area contributed by atoms with E-state index in [1.54, 1.807) is 19.1 Å². The van der Waals surface area contributed by atoms with Crippen molar-refractivity contribution >= 4 is 0 Å². The second-order valence-corrected chi connectivity index (χ2v) is 4.24. The van der Waals surface area contributed by atoms with Gasteiger partial charge >= 0.3 is 0 Å². The Morgan fingerprint density at radius 3 is 2.26 bits per heavy atom. The monoisotopic (exact) mass is 269 g/mol. The van der Waals surface area contributed by atoms with Crippen molar-refractivity contribution in [3.05, 3.63) is 58.8 Å². The summed E-state index contributed by atoms with van der Waals surface area (Å²) in [5, 5.41) is 3.05. The summed E-state index contributed by atoms with van der Waals surface area (Å²) in [4.78, 5) is 0. The maximum absolute atomic E-state index is 13.3. The van der Waals surface area contributed by atoms with Gasteiger partial charge in [0.05, 0.1) is 6.04 Å². The fourth-order valence-electron chi connectivity index (χ4n) is 1.94. The predicted octanol–water partition coefficient (Wildman–Crippen LogP) is 3.70. The molecule has 0 aliphatic heterocycles. The first kappa shape index (κ1) is 13.7. The van der Waals surface area contributed by atoms with Gasteiger partial charge in [-0.2, -0.15) is 0 Å². The molecule has 2 nitrogen and oxygen atoms in total. The van der Waals surface area contributed by atoms with Gasteiger partial charge in [-0.15, -0.1) is 0 Å². The standard InChI is InChI=1S/C14H14F3NO/c1-3-18-14(12-5-4-8(2)19-12)9-6-10(15)13(17)11(16)7-9/h4-7,14,18H,3H2,1-2H3. The summed E-state index contributed by atoms with van der Waals surface area (Å²) in [5.41, 5.74) is 0.285. The van der Waals surface area contributed by atoms with Crippen LogP contribution in [0.25, 0.3) is 0 Å². The SMILES string of the molecule is CCNC(c1cc(F)c(F)c(F)c1)c1ccc(C)o1. The third-order valence-electron chi connectivity index (χ3n) is 2.79. The van der Waals surface area contributed by atoms with Gasteiger partial charge in [-0.3, -0.25) is 0 Å². The normalized spacial score (nSPS) is 12.7. The smallest absolute Gasteiger partial charge is 0.194 e. The van der Waals surface area contributed by atoms with Crippen LogP contribution in [0.3, 0.4) is 0 Å². The van der Waals surface area contributed by atoms with Crippen LogP contribution in [0.15, 0.2) is 28.7 Å². The first-order valence-electron chi connectivity index (χ1n) is 5.97. The Bertz CT molecular complexity index is 557. The molecule has 1 aromatic carbocycles. The van der Waals surface area contributed by atoms with Crippen molar-refractivity contribution in [3.63, 3.8) is 0 Å². The molecule has 1 N–H and O–H groups in total. The topological polar surface area (TPSA) is 25.2 Å². The number of nitrogens with one attached hydrogen (secondary N) is 1. The van der Waals surface area contributed by atoms with E-state index in [2.05, 4.69) is 5.32 Å². The molecule has 0 spiro atoms. The van der Waals surface area contributed by atoms with Crippen LogP contribution in [-0.4, -0.2) is 6.54 Å². The third-order valence-corrected chi connectivity index (χ3v) is 2.79. The molecule has 0 amide bonds. The molecule has 0 saturated heterocycles. The molecular weight excluding hydrogens is 255 g/mol. The van der Waals surface area contributed by atoms with Gasteiger partial charge in [0.15, 0.2) is 17.5 Å². The number of aryl methyl sites for hydroxylation is 1. The van der Waals surface area contributed by atoms with Gasteiger partial charge in [-0.1, -0.05) is 6.92 Å². The molecule has 1 atom stereocenters. The molecule has 2 aromatic rings. The zero-order valence-corrected chi connectivity index (χ0v) is 10.6. The highest BCUT2D eigenvalue weighted by atomic mass is 19.2. The van der Waals surface area contributed by atoms with E-state index in [-0.39, 0.29) is 5.56 Å². The Morgan fingerprint density at radius 1 is 1.16 bits per heavy atom. The molecule has 19 heavy (non-hydrogen) atoms. The van der Waals surface area contributed by atoms with E-state index in [9.17, 15) is 13.2 Å². The molecule has 0 fully saturated rings. The van der Waals surface area contributed by atoms with Gasteiger partial charge in [0.2, 0.25) is 0 Å². The maximum atomic E-state index is 13.3. The van der Waals surface area contributed by atoms with E-state index in [0.717, 1.165) is 12.1 Å². The largest absolute Gasteiger partial charge is 0.464 e. The Morgan fingerprint density at radius 2 is 1.79 bits per heavy atom. The molecule has 0 bridgehead atoms. The van der Waals surface area contributed by atoms with E-state index in [4.69, 9.17) is 4.42 Å². The average Bonchev–Trinajstić information content (AvgIpc) is 2.79. The summed E-state index contributed by atoms with van der Waals surface area (Å²) >= 11 is 0. The highest BCUT2D eigenvalue weighted by Gasteiger charge is 2.20. The van der Waals surface area contributed by atoms with Gasteiger partial charge in [-0.05, 0) is 43.3 Å². The number of rotatable bonds is 4. The highest BCUT2D eigenvalue weighted by molar-refractivity contribution is 5.29. The van der Waals surface area contributed by atoms with E-state index in [1.807, 2.05) is 6.92 Å². The quantitative estimate of drug-likeness (QED) is 0.856. The van der Waals surface area contributed by atoms with E-state index >= 15 is 0 Å². The van der Waals surface area contributed by atoms with Crippen LogP contribution in [-0.2, 0) is 0 Å². The zero-order chi connectivity index (χ0) is 14.0. The van der Waals surface area contributed by atoms with Crippen LogP contribution in [0.2, 0.25) is 0 Å². The zero-order valence-electron chi connectivity index (χ0n) is 10.6. The van der Waals surface area contributed by atoms with Gasteiger partial charge in [0.1, 0.15) is 11.5 Å². The lowest BCUT2D eigenvalue weighted by atomic mass is 10.0. The Kier molecular flexibility index (Phi) is 3.95. The molecule has 102 valence electrons. The number of halogens is 3. The lowest BCUT2D eigenvalue weighted by Gasteiger charge is -2.16. The minimum Gasteiger partial charge on any atom is -0.464 e. The predicted molar refractivity (Wildman–Crippen MR) is 65.3 cm³/mol. The van der Waals surface area contributed by atoms with Gasteiger partial charge in [0, 0.05) is 0 Å². The van der Waals surface area contributed by atoms with Crippen LogP contribution in [0.1, 0.15) is 30.0 Å². The van der Waals surface area contributed by atoms with Crippen molar-refractivity contribution in [1.29, 1.82) is 0 Å². The van der Waals surface area contributed by atoms with E-state index in [0.29, 0.717) is 18.1 Å². The Hall–Kier alpha value is -1.75. The number of furan rings is 1. The molecule has 5 heteroatoms. The van der Waals surface area contributed by atoms with Crippen LogP contribution >= 0.6 is 0 Å². The second kappa shape index (κ2) is 5.48. The molecule has 2 rings (SSSR count). The second-order valence-electron chi connectivity index (χ2n) is 4.24. The van der Waals surface area contributed by atoms with Gasteiger partial charge < -0.3 is 9.73 Å². The summed E-state index contributed by atoms with van der Waals surface area (Å²) in [6.45, 7) is 4.21. The Balaban J connectivity index is 2.44. The lowest BCUT2D eigenvalue weighted by molar-refractivity contribution is 0.422. The minimum absolute atomic E-state index is 0.285. The van der Waals surface area contributed by atoms with Gasteiger partial charge in [0.25, 0.3) is 0 Å². The number of benzene rings is 1. The maximum Gasteiger partial charge on any atom is 0.194 e. The number of hydrogen-bond acceptors (Lipinski definition) is 2. The fraction of sp³-hybridized carbons (Fsp3) is 0.286. The van der Waals surface area contributed by atoms with E-state index in [1.165, 1.54) is 0 Å². The highest BCUT2D eigenvalue weighted by Crippen LogP contribution is 2.26. The van der Waals surface area contributed by atoms with E-state index < -0.39 is 23.5 Å². The van der Waals surface area contributed by atoms with Crippen molar-refractivity contribution in [2.24, 2.45) is 0 Å². The fourth-order valence-corrected chi connectivity index (χ4v) is 1.94. The lowest BCUT2D eigenvalue weighted by Crippen LogP contribution is -2.22. The molecule has 0 aliphatic rings. The van der Waals surface area contributed by atoms with Crippen LogP contribution in [0.4, 0.5) is 13.2 Å². The molecule has 1 aromatic heterocycles. The van der Waals surface area contributed by atoms with Crippen molar-refractivity contribution in [2.75, 3.05) is 6.54 Å². The van der Waals surface area contributed by atoms with Crippen molar-refractivity contribution in [2.45, 2.75) is 19.9 Å². The summed E-state index contributed by atoms with van der Waals surface area (Å²) in [7, 11) is 0. The van der Waals surface area contributed by atoms with Crippen LogP contribution < -0.4 is 5.32 Å².